The minimum atomic E-state index is -0.755. The quantitative estimate of drug-likeness (QED) is 0.331. The van der Waals surface area contributed by atoms with Crippen molar-refractivity contribution in [2.45, 2.75) is 19.4 Å². The highest BCUT2D eigenvalue weighted by Crippen LogP contribution is 2.31. The van der Waals surface area contributed by atoms with Crippen LogP contribution in [0.3, 0.4) is 0 Å². The molecular weight excluding hydrogens is 353 g/mol. The number of hydrogen-bond donors (Lipinski definition) is 3. The Balaban J connectivity index is 2.42. The highest BCUT2D eigenvalue weighted by molar-refractivity contribution is 6.42. The molecule has 0 saturated heterocycles. The smallest absolute Gasteiger partial charge is 0.191 e. The SMILES string of the molecule is CCNC(=NCC(O)COc1cccc(Cl)c1Cl)NCCCOC. The van der Waals surface area contributed by atoms with Gasteiger partial charge >= 0.3 is 0 Å². The molecule has 24 heavy (non-hydrogen) atoms. The van der Waals surface area contributed by atoms with Crippen molar-refractivity contribution in [1.29, 1.82) is 0 Å². The number of methoxy groups -OCH3 is 1. The van der Waals surface area contributed by atoms with E-state index in [1.165, 1.54) is 0 Å². The second kappa shape index (κ2) is 12.2. The molecule has 0 bridgehead atoms. The maximum Gasteiger partial charge on any atom is 0.191 e. The molecule has 136 valence electrons. The van der Waals surface area contributed by atoms with Crippen LogP contribution >= 0.6 is 23.2 Å². The standard InChI is InChI=1S/C16H25Cl2N3O3/c1-3-19-16(20-8-5-9-23-2)21-10-12(22)11-24-14-7-4-6-13(17)15(14)18/h4,6-7,12,22H,3,5,8-11H2,1-2H3,(H2,19,20,21). The number of nitrogens with zero attached hydrogens (tertiary/aromatic N) is 1. The summed E-state index contributed by atoms with van der Waals surface area (Å²) in [4.78, 5) is 4.33. The molecule has 1 unspecified atom stereocenters. The van der Waals surface area contributed by atoms with Crippen LogP contribution in [0.1, 0.15) is 13.3 Å². The van der Waals surface area contributed by atoms with Crippen LogP contribution in [0.2, 0.25) is 10.0 Å². The number of benzene rings is 1. The fourth-order valence-electron chi connectivity index (χ4n) is 1.80. The fraction of sp³-hybridized carbons (Fsp3) is 0.562. The number of halogens is 2. The van der Waals surface area contributed by atoms with Crippen LogP contribution in [0.5, 0.6) is 5.75 Å². The van der Waals surface area contributed by atoms with E-state index < -0.39 is 6.10 Å². The highest BCUT2D eigenvalue weighted by Gasteiger charge is 2.09. The Morgan fingerprint density at radius 2 is 2.12 bits per heavy atom. The van der Waals surface area contributed by atoms with Crippen LogP contribution in [-0.2, 0) is 4.74 Å². The van der Waals surface area contributed by atoms with Crippen molar-refractivity contribution in [3.63, 3.8) is 0 Å². The molecule has 8 heteroatoms. The van der Waals surface area contributed by atoms with Gasteiger partial charge in [0.25, 0.3) is 0 Å². The Kier molecular flexibility index (Phi) is 10.6. The van der Waals surface area contributed by atoms with Gasteiger partial charge in [-0.05, 0) is 25.5 Å². The van der Waals surface area contributed by atoms with E-state index in [2.05, 4.69) is 15.6 Å². The molecule has 0 aliphatic carbocycles. The minimum Gasteiger partial charge on any atom is -0.489 e. The van der Waals surface area contributed by atoms with Crippen molar-refractivity contribution in [3.8, 4) is 5.75 Å². The number of ether oxygens (including phenoxy) is 2. The average Bonchev–Trinajstić information content (AvgIpc) is 2.57. The van der Waals surface area contributed by atoms with Crippen LogP contribution in [0.25, 0.3) is 0 Å². The van der Waals surface area contributed by atoms with Gasteiger partial charge in [0.05, 0.1) is 11.6 Å². The molecule has 0 amide bonds. The molecule has 0 aliphatic heterocycles. The largest absolute Gasteiger partial charge is 0.489 e. The molecule has 1 atom stereocenters. The average molecular weight is 378 g/mol. The number of rotatable bonds is 10. The second-order valence-electron chi connectivity index (χ2n) is 5.01. The van der Waals surface area contributed by atoms with E-state index >= 15 is 0 Å². The van der Waals surface area contributed by atoms with E-state index in [4.69, 9.17) is 32.7 Å². The third-order valence-corrected chi connectivity index (χ3v) is 3.77. The predicted octanol–water partition coefficient (Wildman–Crippen LogP) is 2.32. The number of nitrogens with one attached hydrogen (secondary N) is 2. The summed E-state index contributed by atoms with van der Waals surface area (Å²) in [6.07, 6.45) is 0.120. The van der Waals surface area contributed by atoms with E-state index in [0.29, 0.717) is 28.4 Å². The lowest BCUT2D eigenvalue weighted by molar-refractivity contribution is 0.114. The summed E-state index contributed by atoms with van der Waals surface area (Å²) in [6.45, 7) is 4.42. The Bertz CT molecular complexity index is 515. The Morgan fingerprint density at radius 3 is 2.83 bits per heavy atom. The normalized spacial score (nSPS) is 12.8. The molecular formula is C16H25Cl2N3O3. The van der Waals surface area contributed by atoms with Crippen molar-refractivity contribution in [3.05, 3.63) is 28.2 Å². The van der Waals surface area contributed by atoms with Gasteiger partial charge in [-0.3, -0.25) is 4.99 Å². The molecule has 0 spiro atoms. The lowest BCUT2D eigenvalue weighted by Gasteiger charge is -2.14. The Labute approximate surface area is 153 Å². The molecule has 3 N–H and O–H groups in total. The molecule has 1 aromatic carbocycles. The first kappa shape index (κ1) is 20.8. The van der Waals surface area contributed by atoms with Crippen molar-refractivity contribution in [1.82, 2.24) is 10.6 Å². The third kappa shape index (κ3) is 8.06. The van der Waals surface area contributed by atoms with Gasteiger partial charge in [-0.1, -0.05) is 29.3 Å². The van der Waals surface area contributed by atoms with E-state index in [1.54, 1.807) is 25.3 Å². The van der Waals surface area contributed by atoms with E-state index in [9.17, 15) is 5.11 Å². The van der Waals surface area contributed by atoms with Gasteiger partial charge in [0.2, 0.25) is 0 Å². The zero-order valence-electron chi connectivity index (χ0n) is 14.0. The molecule has 1 aromatic rings. The van der Waals surface area contributed by atoms with Crippen molar-refractivity contribution in [2.75, 3.05) is 40.0 Å². The fourth-order valence-corrected chi connectivity index (χ4v) is 2.14. The lowest BCUT2D eigenvalue weighted by Crippen LogP contribution is -2.39. The second-order valence-corrected chi connectivity index (χ2v) is 5.79. The summed E-state index contributed by atoms with van der Waals surface area (Å²) in [5.74, 6) is 1.09. The topological polar surface area (TPSA) is 75.1 Å². The molecule has 0 fully saturated rings. The molecule has 0 radical (unpaired) electrons. The van der Waals surface area contributed by atoms with Gasteiger partial charge in [0.15, 0.2) is 5.96 Å². The minimum absolute atomic E-state index is 0.0760. The van der Waals surface area contributed by atoms with Crippen LogP contribution < -0.4 is 15.4 Å². The van der Waals surface area contributed by atoms with Crippen LogP contribution in [-0.4, -0.2) is 57.1 Å². The zero-order valence-corrected chi connectivity index (χ0v) is 15.5. The van der Waals surface area contributed by atoms with Gasteiger partial charge in [-0.25, -0.2) is 0 Å². The molecule has 0 aromatic heterocycles. The Morgan fingerprint density at radius 1 is 1.33 bits per heavy atom. The summed E-state index contributed by atoms with van der Waals surface area (Å²) >= 11 is 11.9. The Hall–Kier alpha value is -1.21. The zero-order chi connectivity index (χ0) is 17.8. The molecule has 0 heterocycles. The maximum absolute atomic E-state index is 10.0. The lowest BCUT2D eigenvalue weighted by atomic mass is 10.3. The summed E-state index contributed by atoms with van der Waals surface area (Å²) in [5.41, 5.74) is 0. The molecule has 0 saturated carbocycles. The number of aliphatic imine (C=N–C) groups is 1. The van der Waals surface area contributed by atoms with E-state index in [0.717, 1.165) is 19.5 Å². The van der Waals surface area contributed by atoms with Crippen molar-refractivity contribution >= 4 is 29.2 Å². The summed E-state index contributed by atoms with van der Waals surface area (Å²) < 4.78 is 10.5. The number of guanidine groups is 1. The molecule has 6 nitrogen and oxygen atoms in total. The monoisotopic (exact) mass is 377 g/mol. The number of aliphatic hydroxyl groups excluding tert-OH is 1. The predicted molar refractivity (Wildman–Crippen MR) is 98.4 cm³/mol. The van der Waals surface area contributed by atoms with Gasteiger partial charge in [-0.2, -0.15) is 0 Å². The van der Waals surface area contributed by atoms with Gasteiger partial charge in [0, 0.05) is 26.8 Å². The number of hydrogen-bond acceptors (Lipinski definition) is 4. The summed E-state index contributed by atoms with van der Waals surface area (Å²) in [7, 11) is 1.67. The maximum atomic E-state index is 10.0. The van der Waals surface area contributed by atoms with Gasteiger partial charge < -0.3 is 25.2 Å². The molecule has 0 aliphatic rings. The summed E-state index contributed by atoms with van der Waals surface area (Å²) in [6, 6.07) is 5.11. The van der Waals surface area contributed by atoms with Gasteiger partial charge in [-0.15, -0.1) is 0 Å². The van der Waals surface area contributed by atoms with Crippen molar-refractivity contribution in [2.24, 2.45) is 4.99 Å². The first-order valence-electron chi connectivity index (χ1n) is 7.84. The number of aliphatic hydroxyl groups is 1. The first-order chi connectivity index (χ1) is 11.6. The highest BCUT2D eigenvalue weighted by atomic mass is 35.5. The van der Waals surface area contributed by atoms with Crippen LogP contribution in [0.15, 0.2) is 23.2 Å². The van der Waals surface area contributed by atoms with E-state index in [1.807, 2.05) is 6.92 Å². The van der Waals surface area contributed by atoms with E-state index in [-0.39, 0.29) is 13.2 Å². The first-order valence-corrected chi connectivity index (χ1v) is 8.60. The third-order valence-electron chi connectivity index (χ3n) is 2.97. The van der Waals surface area contributed by atoms with Crippen LogP contribution in [0, 0.1) is 0 Å². The summed E-state index contributed by atoms with van der Waals surface area (Å²) in [5, 5.41) is 17.0. The van der Waals surface area contributed by atoms with Crippen LogP contribution in [0.4, 0.5) is 0 Å². The molecule has 1 rings (SSSR count). The van der Waals surface area contributed by atoms with Crippen molar-refractivity contribution < 1.29 is 14.6 Å². The van der Waals surface area contributed by atoms with Gasteiger partial charge in [0.1, 0.15) is 23.5 Å².